The van der Waals surface area contributed by atoms with E-state index in [1.54, 1.807) is 10.4 Å². The predicted octanol–water partition coefficient (Wildman–Crippen LogP) is 2.00. The number of carbonyl (C=O) groups is 3. The molecule has 0 radical (unpaired) electrons. The van der Waals surface area contributed by atoms with Crippen molar-refractivity contribution in [3.8, 4) is 0 Å². The van der Waals surface area contributed by atoms with Gasteiger partial charge in [-0.05, 0) is 49.8 Å². The number of nitrogens with one attached hydrogen (secondary N) is 1. The van der Waals surface area contributed by atoms with Gasteiger partial charge in [0.2, 0.25) is 11.8 Å². The Hall–Kier alpha value is -3.38. The number of hydrogen-bond acceptors (Lipinski definition) is 8. The van der Waals surface area contributed by atoms with Crippen LogP contribution in [0.1, 0.15) is 39.0 Å². The minimum absolute atomic E-state index is 0.203. The average molecular weight is 555 g/mol. The molecule has 3 aliphatic heterocycles. The van der Waals surface area contributed by atoms with Crippen LogP contribution in [-0.4, -0.2) is 101 Å². The molecule has 1 aliphatic carbocycles. The van der Waals surface area contributed by atoms with Crippen molar-refractivity contribution in [2.45, 2.75) is 57.7 Å². The summed E-state index contributed by atoms with van der Waals surface area (Å²) in [5.74, 6) is -1.74. The molecular formula is C28H38N6O6. The van der Waals surface area contributed by atoms with Gasteiger partial charge in [-0.15, -0.1) is 0 Å². The van der Waals surface area contributed by atoms with Gasteiger partial charge >= 0.3 is 6.09 Å². The van der Waals surface area contributed by atoms with Crippen molar-refractivity contribution in [3.63, 3.8) is 0 Å². The molecule has 3 amide bonds. The molecule has 4 fully saturated rings. The zero-order chi connectivity index (χ0) is 27.9. The maximum absolute atomic E-state index is 14.1. The molecule has 2 atom stereocenters. The van der Waals surface area contributed by atoms with Crippen LogP contribution in [0.25, 0.3) is 11.0 Å². The number of likely N-dealkylation sites (tertiary alicyclic amines) is 1. The fourth-order valence-electron chi connectivity index (χ4n) is 6.53. The minimum Gasteiger partial charge on any atom is -0.446 e. The molecule has 1 aromatic carbocycles. The van der Waals surface area contributed by atoms with Crippen molar-refractivity contribution in [1.29, 1.82) is 0 Å². The number of nitrogens with zero attached hydrogens (tertiary/aromatic N) is 5. The standard InChI is InChI=1S/C28H38N6O6/c1-2-31-18-29-22-4-3-19(15-23(22)31)32-9-11-33(12-10-32)26(36)24-21(25(35)30-38)16-28(7-8-28)17-34(24)27(37)40-20-5-13-39-14-6-20/h3-4,15,18,20-21,24,38H,2,5-14,16-17H2,1H3,(H,30,35). The highest BCUT2D eigenvalue weighted by Crippen LogP contribution is 2.55. The molecule has 12 heteroatoms. The highest BCUT2D eigenvalue weighted by atomic mass is 16.6. The van der Waals surface area contributed by atoms with Gasteiger partial charge in [0.25, 0.3) is 0 Å². The lowest BCUT2D eigenvalue weighted by Crippen LogP contribution is -2.64. The Labute approximate surface area is 233 Å². The second-order valence-electron chi connectivity index (χ2n) is 11.6. The van der Waals surface area contributed by atoms with Crippen molar-refractivity contribution >= 4 is 34.6 Å². The highest BCUT2D eigenvalue weighted by molar-refractivity contribution is 5.93. The number of piperazine rings is 1. The first kappa shape index (κ1) is 26.8. The van der Waals surface area contributed by atoms with Gasteiger partial charge < -0.3 is 23.8 Å². The number of amides is 3. The molecule has 12 nitrogen and oxygen atoms in total. The van der Waals surface area contributed by atoms with Gasteiger partial charge in [0, 0.05) is 57.8 Å². The van der Waals surface area contributed by atoms with Crippen LogP contribution in [0, 0.1) is 11.3 Å². The third-order valence-corrected chi connectivity index (χ3v) is 9.10. The molecule has 1 spiro atoms. The third kappa shape index (κ3) is 5.10. The van der Waals surface area contributed by atoms with Crippen molar-refractivity contribution in [3.05, 3.63) is 24.5 Å². The van der Waals surface area contributed by atoms with Crippen LogP contribution in [0.2, 0.25) is 0 Å². The number of aryl methyl sites for hydroxylation is 1. The SMILES string of the molecule is CCn1cnc2ccc(N3CCN(C(=O)C4C(C(=O)NO)CC5(CC5)CN4C(=O)OC4CCOCC4)CC3)cc21. The first-order valence-electron chi connectivity index (χ1n) is 14.4. The lowest BCUT2D eigenvalue weighted by Gasteiger charge is -2.46. The summed E-state index contributed by atoms with van der Waals surface area (Å²) in [5, 5.41) is 9.55. The topological polar surface area (TPSA) is 129 Å². The van der Waals surface area contributed by atoms with Gasteiger partial charge in [-0.2, -0.15) is 0 Å². The zero-order valence-electron chi connectivity index (χ0n) is 23.0. The Kier molecular flexibility index (Phi) is 7.30. The van der Waals surface area contributed by atoms with E-state index >= 15 is 0 Å². The summed E-state index contributed by atoms with van der Waals surface area (Å²) in [7, 11) is 0. The van der Waals surface area contributed by atoms with E-state index in [0.717, 1.165) is 36.1 Å². The van der Waals surface area contributed by atoms with E-state index in [1.807, 2.05) is 12.4 Å². The molecule has 2 N–H and O–H groups in total. The van der Waals surface area contributed by atoms with Crippen LogP contribution in [0.3, 0.4) is 0 Å². The van der Waals surface area contributed by atoms with Gasteiger partial charge in [-0.3, -0.25) is 19.7 Å². The number of benzene rings is 1. The molecule has 3 saturated heterocycles. The summed E-state index contributed by atoms with van der Waals surface area (Å²) in [4.78, 5) is 50.3. The number of rotatable bonds is 5. The van der Waals surface area contributed by atoms with Crippen LogP contribution >= 0.6 is 0 Å². The second kappa shape index (κ2) is 10.9. The van der Waals surface area contributed by atoms with E-state index < -0.39 is 24.0 Å². The van der Waals surface area contributed by atoms with E-state index in [-0.39, 0.29) is 17.4 Å². The lowest BCUT2D eigenvalue weighted by molar-refractivity contribution is -0.151. The summed E-state index contributed by atoms with van der Waals surface area (Å²) >= 11 is 0. The number of aromatic nitrogens is 2. The number of piperidine rings is 1. The second-order valence-corrected chi connectivity index (χ2v) is 11.6. The largest absolute Gasteiger partial charge is 0.446 e. The molecule has 40 heavy (non-hydrogen) atoms. The van der Waals surface area contributed by atoms with Gasteiger partial charge in [0.1, 0.15) is 12.1 Å². The van der Waals surface area contributed by atoms with Crippen molar-refractivity contribution in [2.24, 2.45) is 11.3 Å². The van der Waals surface area contributed by atoms with Gasteiger partial charge in [-0.1, -0.05) is 0 Å². The number of hydrogen-bond donors (Lipinski definition) is 2. The van der Waals surface area contributed by atoms with Crippen LogP contribution in [0.5, 0.6) is 0 Å². The van der Waals surface area contributed by atoms with E-state index in [0.29, 0.717) is 65.2 Å². The molecule has 1 aromatic heterocycles. The summed E-state index contributed by atoms with van der Waals surface area (Å²) in [6, 6.07) is 5.19. The van der Waals surface area contributed by atoms with Crippen LogP contribution < -0.4 is 10.4 Å². The monoisotopic (exact) mass is 554 g/mol. The predicted molar refractivity (Wildman–Crippen MR) is 145 cm³/mol. The molecule has 2 aromatic rings. The van der Waals surface area contributed by atoms with E-state index in [2.05, 4.69) is 33.5 Å². The first-order chi connectivity index (χ1) is 19.4. The fourth-order valence-corrected chi connectivity index (χ4v) is 6.53. The molecule has 4 aliphatic rings. The van der Waals surface area contributed by atoms with Crippen molar-refractivity contribution in [2.75, 3.05) is 50.8 Å². The lowest BCUT2D eigenvalue weighted by atomic mass is 9.80. The quantitative estimate of drug-likeness (QED) is 0.424. The van der Waals surface area contributed by atoms with Gasteiger partial charge in [0.15, 0.2) is 0 Å². The minimum atomic E-state index is -1.02. The normalized spacial score (nSPS) is 24.8. The third-order valence-electron chi connectivity index (χ3n) is 9.10. The number of fused-ring (bicyclic) bond motifs is 1. The molecular weight excluding hydrogens is 516 g/mol. The molecule has 1 saturated carbocycles. The highest BCUT2D eigenvalue weighted by Gasteiger charge is 2.58. The Morgan fingerprint density at radius 3 is 2.58 bits per heavy atom. The zero-order valence-corrected chi connectivity index (χ0v) is 23.0. The number of carbonyl (C=O) groups excluding carboxylic acids is 3. The maximum atomic E-state index is 14.1. The Bertz CT molecular complexity index is 1260. The summed E-state index contributed by atoms with van der Waals surface area (Å²) in [6.45, 7) is 6.52. The number of ether oxygens (including phenoxy) is 2. The van der Waals surface area contributed by atoms with Gasteiger partial charge in [0.05, 0.1) is 36.5 Å². The first-order valence-corrected chi connectivity index (χ1v) is 14.4. The summed E-state index contributed by atoms with van der Waals surface area (Å²) in [5.41, 5.74) is 4.65. The van der Waals surface area contributed by atoms with Crippen LogP contribution in [-0.2, 0) is 25.6 Å². The Balaban J connectivity index is 1.19. The van der Waals surface area contributed by atoms with Crippen LogP contribution in [0.15, 0.2) is 24.5 Å². The van der Waals surface area contributed by atoms with Gasteiger partial charge in [-0.25, -0.2) is 15.3 Å². The molecule has 2 unspecified atom stereocenters. The van der Waals surface area contributed by atoms with E-state index in [1.165, 1.54) is 4.90 Å². The molecule has 4 heterocycles. The number of hydroxylamine groups is 1. The molecule has 6 rings (SSSR count). The summed E-state index contributed by atoms with van der Waals surface area (Å²) in [6.07, 6.45) is 4.44. The number of anilines is 1. The maximum Gasteiger partial charge on any atom is 0.410 e. The molecule has 0 bridgehead atoms. The van der Waals surface area contributed by atoms with E-state index in [4.69, 9.17) is 9.47 Å². The Morgan fingerprint density at radius 1 is 1.15 bits per heavy atom. The average Bonchev–Trinajstić information content (AvgIpc) is 3.61. The molecule has 216 valence electrons. The van der Waals surface area contributed by atoms with Crippen LogP contribution in [0.4, 0.5) is 10.5 Å². The Morgan fingerprint density at radius 2 is 1.90 bits per heavy atom. The fraction of sp³-hybridized carbons (Fsp3) is 0.643. The van der Waals surface area contributed by atoms with Crippen molar-refractivity contribution < 1.29 is 29.1 Å². The number of imidazole rings is 1. The van der Waals surface area contributed by atoms with Crippen molar-refractivity contribution in [1.82, 2.24) is 24.8 Å². The summed E-state index contributed by atoms with van der Waals surface area (Å²) < 4.78 is 13.3. The smallest absolute Gasteiger partial charge is 0.410 e. The van der Waals surface area contributed by atoms with E-state index in [9.17, 15) is 19.6 Å².